The van der Waals surface area contributed by atoms with Gasteiger partial charge in [-0.1, -0.05) is 19.1 Å². The molecular weight excluding hydrogens is 220 g/mol. The van der Waals surface area contributed by atoms with Gasteiger partial charge in [-0.05, 0) is 24.2 Å². The van der Waals surface area contributed by atoms with Crippen LogP contribution < -0.4 is 5.48 Å². The molecule has 0 spiro atoms. The number of hydroxylamine groups is 1. The van der Waals surface area contributed by atoms with Crippen LogP contribution in [0.3, 0.4) is 0 Å². The summed E-state index contributed by atoms with van der Waals surface area (Å²) in [7, 11) is 0. The third-order valence-corrected chi connectivity index (χ3v) is 2.59. The predicted octanol–water partition coefficient (Wildman–Crippen LogP) is 0.620. The number of nitrogens with zero attached hydrogens (tertiary/aromatic N) is 1. The van der Waals surface area contributed by atoms with Crippen LogP contribution in [0.2, 0.25) is 0 Å². The number of carbonyl (C=O) groups is 1. The zero-order valence-electron chi connectivity index (χ0n) is 9.89. The summed E-state index contributed by atoms with van der Waals surface area (Å²) < 4.78 is 0. The molecule has 3 N–H and O–H groups in total. The largest absolute Gasteiger partial charge is 0.395 e. The molecule has 0 aliphatic heterocycles. The lowest BCUT2D eigenvalue weighted by atomic mass is 10.1. The fourth-order valence-electron chi connectivity index (χ4n) is 1.57. The summed E-state index contributed by atoms with van der Waals surface area (Å²) in [5.41, 5.74) is 3.07. The lowest BCUT2D eigenvalue weighted by molar-refractivity contribution is 0.0706. The normalized spacial score (nSPS) is 10.6. The van der Waals surface area contributed by atoms with Gasteiger partial charge >= 0.3 is 0 Å². The van der Waals surface area contributed by atoms with Crippen LogP contribution >= 0.6 is 0 Å². The highest BCUT2D eigenvalue weighted by Crippen LogP contribution is 2.07. The molecule has 0 unspecified atom stereocenters. The highest BCUT2D eigenvalue weighted by molar-refractivity contribution is 5.93. The number of amides is 1. The van der Waals surface area contributed by atoms with Crippen molar-refractivity contribution in [2.45, 2.75) is 13.5 Å². The molecule has 0 atom stereocenters. The molecule has 0 aliphatic rings. The number of carbonyl (C=O) groups excluding carboxylic acids is 1. The van der Waals surface area contributed by atoms with Crippen molar-refractivity contribution in [1.29, 1.82) is 0 Å². The van der Waals surface area contributed by atoms with Crippen molar-refractivity contribution in [3.8, 4) is 0 Å². The van der Waals surface area contributed by atoms with Crippen LogP contribution in [-0.2, 0) is 6.54 Å². The van der Waals surface area contributed by atoms with Crippen LogP contribution in [0.15, 0.2) is 24.3 Å². The number of hydrogen-bond acceptors (Lipinski definition) is 4. The van der Waals surface area contributed by atoms with Crippen LogP contribution in [-0.4, -0.2) is 40.8 Å². The Bertz CT molecular complexity index is 351. The number of likely N-dealkylation sites (N-methyl/N-ethyl adjacent to an activating group) is 1. The van der Waals surface area contributed by atoms with Gasteiger partial charge in [0, 0.05) is 18.7 Å². The van der Waals surface area contributed by atoms with Gasteiger partial charge < -0.3 is 5.11 Å². The fraction of sp³-hybridized carbons (Fsp3) is 0.417. The van der Waals surface area contributed by atoms with E-state index in [-0.39, 0.29) is 6.61 Å². The SMILES string of the molecule is CCN(CCO)Cc1ccc(C(=O)NO)cc1. The predicted molar refractivity (Wildman–Crippen MR) is 63.7 cm³/mol. The van der Waals surface area contributed by atoms with Gasteiger partial charge in [0.15, 0.2) is 0 Å². The van der Waals surface area contributed by atoms with E-state index in [1.165, 1.54) is 0 Å². The summed E-state index contributed by atoms with van der Waals surface area (Å²) in [6, 6.07) is 7.00. The van der Waals surface area contributed by atoms with Gasteiger partial charge in [0.2, 0.25) is 0 Å². The Morgan fingerprint density at radius 1 is 1.35 bits per heavy atom. The summed E-state index contributed by atoms with van der Waals surface area (Å²) in [6.45, 7) is 4.40. The van der Waals surface area contributed by atoms with Crippen molar-refractivity contribution in [3.63, 3.8) is 0 Å². The summed E-state index contributed by atoms with van der Waals surface area (Å²) in [5.74, 6) is -0.515. The van der Waals surface area contributed by atoms with Crippen molar-refractivity contribution < 1.29 is 15.1 Å². The molecule has 0 radical (unpaired) electrons. The van der Waals surface area contributed by atoms with E-state index in [1.807, 2.05) is 19.1 Å². The van der Waals surface area contributed by atoms with Gasteiger partial charge in [-0.3, -0.25) is 14.9 Å². The molecule has 17 heavy (non-hydrogen) atoms. The molecule has 1 aromatic rings. The third-order valence-electron chi connectivity index (χ3n) is 2.59. The van der Waals surface area contributed by atoms with Crippen molar-refractivity contribution >= 4 is 5.91 Å². The maximum atomic E-state index is 11.1. The topological polar surface area (TPSA) is 72.8 Å². The Hall–Kier alpha value is -1.43. The smallest absolute Gasteiger partial charge is 0.274 e. The van der Waals surface area contributed by atoms with E-state index in [1.54, 1.807) is 17.6 Å². The first-order valence-electron chi connectivity index (χ1n) is 5.57. The van der Waals surface area contributed by atoms with Gasteiger partial charge in [0.05, 0.1) is 6.61 Å². The van der Waals surface area contributed by atoms with E-state index in [9.17, 15) is 4.79 Å². The summed E-state index contributed by atoms with van der Waals surface area (Å²) in [4.78, 5) is 13.2. The van der Waals surface area contributed by atoms with Crippen molar-refractivity contribution in [1.82, 2.24) is 10.4 Å². The van der Waals surface area contributed by atoms with Gasteiger partial charge in [0.1, 0.15) is 0 Å². The molecule has 0 aromatic heterocycles. The van der Waals surface area contributed by atoms with E-state index < -0.39 is 5.91 Å². The monoisotopic (exact) mass is 238 g/mol. The lowest BCUT2D eigenvalue weighted by Crippen LogP contribution is -2.26. The van der Waals surface area contributed by atoms with Gasteiger partial charge in [-0.2, -0.15) is 0 Å². The van der Waals surface area contributed by atoms with Crippen LogP contribution in [0.25, 0.3) is 0 Å². The van der Waals surface area contributed by atoms with E-state index in [0.717, 1.165) is 18.7 Å². The summed E-state index contributed by atoms with van der Waals surface area (Å²) in [5, 5.41) is 17.3. The van der Waals surface area contributed by atoms with Crippen LogP contribution in [0.4, 0.5) is 0 Å². The lowest BCUT2D eigenvalue weighted by Gasteiger charge is -2.19. The Balaban J connectivity index is 2.64. The Morgan fingerprint density at radius 3 is 2.47 bits per heavy atom. The quantitative estimate of drug-likeness (QED) is 0.502. The van der Waals surface area contributed by atoms with Crippen molar-refractivity contribution in [3.05, 3.63) is 35.4 Å². The third kappa shape index (κ3) is 4.14. The summed E-state index contributed by atoms with van der Waals surface area (Å²) >= 11 is 0. The van der Waals surface area contributed by atoms with Crippen molar-refractivity contribution in [2.75, 3.05) is 19.7 Å². The Labute approximate surface area is 101 Å². The fourth-order valence-corrected chi connectivity index (χ4v) is 1.57. The van der Waals surface area contributed by atoms with Gasteiger partial charge in [-0.15, -0.1) is 0 Å². The molecule has 0 heterocycles. The second kappa shape index (κ2) is 7.01. The molecule has 0 saturated carbocycles. The standard InChI is InChI=1S/C12H18N2O3/c1-2-14(7-8-15)9-10-3-5-11(6-4-10)12(16)13-17/h3-6,15,17H,2,7-9H2,1H3,(H,13,16). The zero-order valence-corrected chi connectivity index (χ0v) is 9.89. The Kier molecular flexibility index (Phi) is 5.62. The molecule has 1 aromatic carbocycles. The number of rotatable bonds is 6. The van der Waals surface area contributed by atoms with Gasteiger partial charge in [-0.25, -0.2) is 5.48 Å². The Morgan fingerprint density at radius 2 is 2.00 bits per heavy atom. The molecule has 1 rings (SSSR count). The van der Waals surface area contributed by atoms with Crippen LogP contribution in [0.1, 0.15) is 22.8 Å². The first-order chi connectivity index (χ1) is 8.21. The van der Waals surface area contributed by atoms with Gasteiger partial charge in [0.25, 0.3) is 5.91 Å². The second-order valence-corrected chi connectivity index (χ2v) is 3.73. The molecule has 0 saturated heterocycles. The molecule has 0 bridgehead atoms. The van der Waals surface area contributed by atoms with Crippen LogP contribution in [0.5, 0.6) is 0 Å². The minimum absolute atomic E-state index is 0.138. The maximum absolute atomic E-state index is 11.1. The first-order valence-corrected chi connectivity index (χ1v) is 5.57. The van der Waals surface area contributed by atoms with Crippen LogP contribution in [0, 0.1) is 0 Å². The van der Waals surface area contributed by atoms with E-state index >= 15 is 0 Å². The van der Waals surface area contributed by atoms with E-state index in [0.29, 0.717) is 12.1 Å². The number of hydrogen-bond donors (Lipinski definition) is 3. The molecule has 5 nitrogen and oxygen atoms in total. The minimum atomic E-state index is -0.515. The van der Waals surface area contributed by atoms with E-state index in [2.05, 4.69) is 4.90 Å². The number of benzene rings is 1. The number of nitrogens with one attached hydrogen (secondary N) is 1. The van der Waals surface area contributed by atoms with E-state index in [4.69, 9.17) is 10.3 Å². The maximum Gasteiger partial charge on any atom is 0.274 e. The zero-order chi connectivity index (χ0) is 12.7. The summed E-state index contributed by atoms with van der Waals surface area (Å²) in [6.07, 6.45) is 0. The molecule has 1 amide bonds. The first kappa shape index (κ1) is 13.6. The number of aliphatic hydroxyl groups excluding tert-OH is 1. The molecule has 0 fully saturated rings. The molecule has 94 valence electrons. The second-order valence-electron chi connectivity index (χ2n) is 3.73. The molecule has 5 heteroatoms. The highest BCUT2D eigenvalue weighted by Gasteiger charge is 2.05. The number of aliphatic hydroxyl groups is 1. The minimum Gasteiger partial charge on any atom is -0.395 e. The average Bonchev–Trinajstić information content (AvgIpc) is 2.38. The average molecular weight is 238 g/mol. The highest BCUT2D eigenvalue weighted by atomic mass is 16.5. The van der Waals surface area contributed by atoms with Crippen molar-refractivity contribution in [2.24, 2.45) is 0 Å². The molecule has 0 aliphatic carbocycles. The molecular formula is C12H18N2O3.